The zero-order chi connectivity index (χ0) is 10.7. The highest BCUT2D eigenvalue weighted by Crippen LogP contribution is 2.11. The van der Waals surface area contributed by atoms with Crippen molar-refractivity contribution in [2.75, 3.05) is 0 Å². The van der Waals surface area contributed by atoms with Crippen molar-refractivity contribution in [2.24, 2.45) is 0 Å². The standard InChI is InChI=1S/C13H13NO/c1-10-11(2)15-13(14-10)9-8-12-6-4-3-5-7-12/h3-9H,1-2H3/b9-8+. The Hall–Kier alpha value is -1.83. The molecule has 15 heavy (non-hydrogen) atoms. The maximum absolute atomic E-state index is 5.44. The molecular weight excluding hydrogens is 186 g/mol. The molecule has 76 valence electrons. The molecule has 1 aromatic carbocycles. The largest absolute Gasteiger partial charge is 0.442 e. The number of rotatable bonds is 2. The number of nitrogens with zero attached hydrogens (tertiary/aromatic N) is 1. The molecule has 0 amide bonds. The Kier molecular flexibility index (Phi) is 2.68. The van der Waals surface area contributed by atoms with Gasteiger partial charge in [-0.1, -0.05) is 30.3 Å². The molecule has 0 bridgehead atoms. The van der Waals surface area contributed by atoms with Gasteiger partial charge in [-0.05, 0) is 25.5 Å². The van der Waals surface area contributed by atoms with Gasteiger partial charge in [-0.25, -0.2) is 4.98 Å². The van der Waals surface area contributed by atoms with Crippen molar-refractivity contribution in [2.45, 2.75) is 13.8 Å². The van der Waals surface area contributed by atoms with E-state index in [1.54, 1.807) is 0 Å². The molecule has 2 nitrogen and oxygen atoms in total. The molecule has 0 aliphatic rings. The molecule has 2 heteroatoms. The van der Waals surface area contributed by atoms with Gasteiger partial charge >= 0.3 is 0 Å². The Labute approximate surface area is 89.3 Å². The lowest BCUT2D eigenvalue weighted by Gasteiger charge is -1.89. The van der Waals surface area contributed by atoms with Crippen LogP contribution < -0.4 is 0 Å². The van der Waals surface area contributed by atoms with E-state index in [1.807, 2.05) is 56.3 Å². The lowest BCUT2D eigenvalue weighted by molar-refractivity contribution is 0.516. The summed E-state index contributed by atoms with van der Waals surface area (Å²) in [5, 5.41) is 0. The highest BCUT2D eigenvalue weighted by atomic mass is 16.4. The summed E-state index contributed by atoms with van der Waals surface area (Å²) in [6.45, 7) is 3.86. The first-order valence-electron chi connectivity index (χ1n) is 4.93. The summed E-state index contributed by atoms with van der Waals surface area (Å²) in [5.41, 5.74) is 2.09. The first-order valence-corrected chi connectivity index (χ1v) is 4.93. The van der Waals surface area contributed by atoms with E-state index < -0.39 is 0 Å². The van der Waals surface area contributed by atoms with Gasteiger partial charge in [0.1, 0.15) is 5.76 Å². The maximum Gasteiger partial charge on any atom is 0.219 e. The Morgan fingerprint density at radius 3 is 2.40 bits per heavy atom. The number of benzene rings is 1. The van der Waals surface area contributed by atoms with Gasteiger partial charge in [-0.2, -0.15) is 0 Å². The van der Waals surface area contributed by atoms with Crippen LogP contribution in [0.5, 0.6) is 0 Å². The van der Waals surface area contributed by atoms with Crippen molar-refractivity contribution in [1.82, 2.24) is 4.98 Å². The van der Waals surface area contributed by atoms with Crippen LogP contribution in [0.25, 0.3) is 12.2 Å². The maximum atomic E-state index is 5.44. The van der Waals surface area contributed by atoms with Crippen LogP contribution in [-0.2, 0) is 0 Å². The van der Waals surface area contributed by atoms with Gasteiger partial charge in [0.05, 0.1) is 5.69 Å². The Morgan fingerprint density at radius 2 is 1.80 bits per heavy atom. The second-order valence-electron chi connectivity index (χ2n) is 3.44. The van der Waals surface area contributed by atoms with Crippen molar-refractivity contribution in [3.05, 3.63) is 53.2 Å². The molecule has 0 aliphatic heterocycles. The van der Waals surface area contributed by atoms with Crippen LogP contribution in [0.3, 0.4) is 0 Å². The summed E-state index contributed by atoms with van der Waals surface area (Å²) in [7, 11) is 0. The van der Waals surface area contributed by atoms with E-state index in [9.17, 15) is 0 Å². The van der Waals surface area contributed by atoms with Gasteiger partial charge in [0.25, 0.3) is 0 Å². The first kappa shape index (κ1) is 9.71. The smallest absolute Gasteiger partial charge is 0.219 e. The summed E-state index contributed by atoms with van der Waals surface area (Å²) >= 11 is 0. The third-order valence-corrected chi connectivity index (χ3v) is 2.26. The van der Waals surface area contributed by atoms with Crippen molar-refractivity contribution >= 4 is 12.2 Å². The van der Waals surface area contributed by atoms with E-state index >= 15 is 0 Å². The molecule has 0 unspecified atom stereocenters. The third-order valence-electron chi connectivity index (χ3n) is 2.26. The molecule has 0 saturated heterocycles. The van der Waals surface area contributed by atoms with Gasteiger partial charge in [-0.15, -0.1) is 0 Å². The lowest BCUT2D eigenvalue weighted by atomic mass is 10.2. The zero-order valence-corrected chi connectivity index (χ0v) is 8.90. The van der Waals surface area contributed by atoms with Crippen LogP contribution in [0.4, 0.5) is 0 Å². The molecular formula is C13H13NO. The molecule has 0 atom stereocenters. The first-order chi connectivity index (χ1) is 7.25. The SMILES string of the molecule is Cc1nc(/C=C/c2ccccc2)oc1C. The van der Waals surface area contributed by atoms with Crippen molar-refractivity contribution < 1.29 is 4.42 Å². The van der Waals surface area contributed by atoms with Gasteiger partial charge in [0.2, 0.25) is 5.89 Å². The molecule has 0 N–H and O–H groups in total. The van der Waals surface area contributed by atoms with Crippen LogP contribution in [0.2, 0.25) is 0 Å². The minimum absolute atomic E-state index is 0.661. The molecule has 0 aliphatic carbocycles. The van der Waals surface area contributed by atoms with Gasteiger partial charge < -0.3 is 4.42 Å². The fraction of sp³-hybridized carbons (Fsp3) is 0.154. The average Bonchev–Trinajstić information content (AvgIpc) is 2.57. The third kappa shape index (κ3) is 2.34. The fourth-order valence-corrected chi connectivity index (χ4v) is 1.30. The lowest BCUT2D eigenvalue weighted by Crippen LogP contribution is -1.73. The average molecular weight is 199 g/mol. The number of hydrogen-bond donors (Lipinski definition) is 0. The van der Waals surface area contributed by atoms with Crippen LogP contribution in [0, 0.1) is 13.8 Å². The van der Waals surface area contributed by atoms with E-state index in [-0.39, 0.29) is 0 Å². The molecule has 0 saturated carbocycles. The monoisotopic (exact) mass is 199 g/mol. The summed E-state index contributed by atoms with van der Waals surface area (Å²) in [4.78, 5) is 4.27. The molecule has 0 spiro atoms. The molecule has 0 fully saturated rings. The van der Waals surface area contributed by atoms with Crippen LogP contribution in [0.1, 0.15) is 22.9 Å². The molecule has 0 radical (unpaired) electrons. The zero-order valence-electron chi connectivity index (χ0n) is 8.90. The minimum atomic E-state index is 0.661. The highest BCUT2D eigenvalue weighted by Gasteiger charge is 2.00. The number of aromatic nitrogens is 1. The van der Waals surface area contributed by atoms with Crippen LogP contribution >= 0.6 is 0 Å². The second-order valence-corrected chi connectivity index (χ2v) is 3.44. The highest BCUT2D eigenvalue weighted by molar-refractivity contribution is 5.65. The summed E-state index contributed by atoms with van der Waals surface area (Å²) in [5.74, 6) is 1.54. The van der Waals surface area contributed by atoms with E-state index in [1.165, 1.54) is 0 Å². The number of oxazole rings is 1. The summed E-state index contributed by atoms with van der Waals surface area (Å²) < 4.78 is 5.44. The second kappa shape index (κ2) is 4.13. The Bertz CT molecular complexity index is 449. The normalized spacial score (nSPS) is 11.1. The topological polar surface area (TPSA) is 26.0 Å². The Balaban J connectivity index is 2.19. The minimum Gasteiger partial charge on any atom is -0.442 e. The van der Waals surface area contributed by atoms with E-state index in [0.29, 0.717) is 5.89 Å². The van der Waals surface area contributed by atoms with Crippen molar-refractivity contribution in [3.8, 4) is 0 Å². The van der Waals surface area contributed by atoms with Gasteiger partial charge in [-0.3, -0.25) is 0 Å². The van der Waals surface area contributed by atoms with Gasteiger partial charge in [0, 0.05) is 6.08 Å². The van der Waals surface area contributed by atoms with Crippen LogP contribution in [-0.4, -0.2) is 4.98 Å². The number of hydrogen-bond acceptors (Lipinski definition) is 2. The molecule has 2 rings (SSSR count). The Morgan fingerprint density at radius 1 is 1.07 bits per heavy atom. The summed E-state index contributed by atoms with van der Waals surface area (Å²) in [6.07, 6.45) is 3.88. The quantitative estimate of drug-likeness (QED) is 0.740. The molecule has 1 aromatic heterocycles. The fourth-order valence-electron chi connectivity index (χ4n) is 1.30. The van der Waals surface area contributed by atoms with E-state index in [2.05, 4.69) is 4.98 Å². The van der Waals surface area contributed by atoms with Crippen molar-refractivity contribution in [1.29, 1.82) is 0 Å². The van der Waals surface area contributed by atoms with Crippen LogP contribution in [0.15, 0.2) is 34.7 Å². The molecule has 1 heterocycles. The predicted molar refractivity (Wildman–Crippen MR) is 61.3 cm³/mol. The van der Waals surface area contributed by atoms with E-state index in [0.717, 1.165) is 17.0 Å². The summed E-state index contributed by atoms with van der Waals surface area (Å²) in [6, 6.07) is 10.1. The predicted octanol–water partition coefficient (Wildman–Crippen LogP) is 3.46. The molecule has 2 aromatic rings. The van der Waals surface area contributed by atoms with E-state index in [4.69, 9.17) is 4.42 Å². The van der Waals surface area contributed by atoms with Crippen molar-refractivity contribution in [3.63, 3.8) is 0 Å². The van der Waals surface area contributed by atoms with Gasteiger partial charge in [0.15, 0.2) is 0 Å². The number of aryl methyl sites for hydroxylation is 2.